The molecule has 0 saturated carbocycles. The molecule has 0 fully saturated rings. The lowest BCUT2D eigenvalue weighted by molar-refractivity contribution is -0.142. The highest BCUT2D eigenvalue weighted by molar-refractivity contribution is 5.88. The molecule has 0 aromatic heterocycles. The van der Waals surface area contributed by atoms with Gasteiger partial charge in [0.15, 0.2) is 6.61 Å². The summed E-state index contributed by atoms with van der Waals surface area (Å²) in [7, 11) is 1.61. The molecule has 0 radical (unpaired) electrons. The molecule has 0 unspecified atom stereocenters. The van der Waals surface area contributed by atoms with Gasteiger partial charge in [-0.2, -0.15) is 0 Å². The fourth-order valence-corrected chi connectivity index (χ4v) is 3.88. The van der Waals surface area contributed by atoms with E-state index in [0.29, 0.717) is 18.8 Å². The molecule has 0 heterocycles. The zero-order valence-corrected chi connectivity index (χ0v) is 19.6. The first kappa shape index (κ1) is 24.4. The first-order chi connectivity index (χ1) is 16.1. The summed E-state index contributed by atoms with van der Waals surface area (Å²) in [5.74, 6) is 0.959. The summed E-state index contributed by atoms with van der Waals surface area (Å²) >= 11 is 0. The zero-order valence-electron chi connectivity index (χ0n) is 19.6. The van der Waals surface area contributed by atoms with Crippen LogP contribution in [0.5, 0.6) is 11.5 Å². The average Bonchev–Trinajstić information content (AvgIpc) is 2.87. The maximum absolute atomic E-state index is 13.1. The van der Waals surface area contributed by atoms with Crippen molar-refractivity contribution < 1.29 is 19.1 Å². The topological polar surface area (TPSA) is 67.9 Å². The maximum Gasteiger partial charge on any atom is 0.261 e. The van der Waals surface area contributed by atoms with Gasteiger partial charge in [-0.05, 0) is 68.9 Å². The Balaban J connectivity index is 1.63. The van der Waals surface area contributed by atoms with E-state index in [0.717, 1.165) is 30.6 Å². The van der Waals surface area contributed by atoms with E-state index < -0.39 is 6.04 Å². The smallest absolute Gasteiger partial charge is 0.261 e. The van der Waals surface area contributed by atoms with Crippen LogP contribution in [0.4, 0.5) is 0 Å². The van der Waals surface area contributed by atoms with E-state index in [2.05, 4.69) is 11.4 Å². The van der Waals surface area contributed by atoms with E-state index in [4.69, 9.17) is 9.47 Å². The Hall–Kier alpha value is -3.28. The minimum Gasteiger partial charge on any atom is -0.497 e. The Bertz CT molecular complexity index is 925. The van der Waals surface area contributed by atoms with Crippen molar-refractivity contribution in [3.63, 3.8) is 0 Å². The van der Waals surface area contributed by atoms with Gasteiger partial charge in [0, 0.05) is 13.1 Å². The van der Waals surface area contributed by atoms with E-state index >= 15 is 0 Å². The third kappa shape index (κ3) is 7.67. The third-order valence-corrected chi connectivity index (χ3v) is 5.92. The molecule has 2 amide bonds. The highest BCUT2D eigenvalue weighted by Gasteiger charge is 2.26. The van der Waals surface area contributed by atoms with Crippen molar-refractivity contribution in [3.05, 3.63) is 71.8 Å². The summed E-state index contributed by atoms with van der Waals surface area (Å²) in [4.78, 5) is 27.6. The van der Waals surface area contributed by atoms with Crippen LogP contribution in [0.25, 0.3) is 0 Å². The van der Waals surface area contributed by atoms with Gasteiger partial charge in [-0.15, -0.1) is 0 Å². The fourth-order valence-electron chi connectivity index (χ4n) is 3.88. The number of nitrogens with one attached hydrogen (secondary N) is 1. The number of ether oxygens (including phenoxy) is 2. The fraction of sp³-hybridized carbons (Fsp3) is 0.407. The van der Waals surface area contributed by atoms with Crippen LogP contribution in [0.1, 0.15) is 44.6 Å². The average molecular weight is 451 g/mol. The second-order valence-corrected chi connectivity index (χ2v) is 8.30. The molecule has 33 heavy (non-hydrogen) atoms. The van der Waals surface area contributed by atoms with Gasteiger partial charge in [0.1, 0.15) is 17.5 Å². The highest BCUT2D eigenvalue weighted by atomic mass is 16.5. The lowest BCUT2D eigenvalue weighted by Crippen LogP contribution is -2.49. The molecule has 3 rings (SSSR count). The molecule has 1 aliphatic rings. The summed E-state index contributed by atoms with van der Waals surface area (Å²) in [6.07, 6.45) is 7.87. The van der Waals surface area contributed by atoms with Gasteiger partial charge in [-0.25, -0.2) is 0 Å². The molecule has 6 nitrogen and oxygen atoms in total. The highest BCUT2D eigenvalue weighted by Crippen LogP contribution is 2.20. The van der Waals surface area contributed by atoms with Crippen molar-refractivity contribution in [3.8, 4) is 11.5 Å². The Morgan fingerprint density at radius 3 is 2.45 bits per heavy atom. The van der Waals surface area contributed by atoms with Crippen LogP contribution in [0.2, 0.25) is 0 Å². The number of amides is 2. The number of rotatable bonds is 11. The molecule has 176 valence electrons. The van der Waals surface area contributed by atoms with Gasteiger partial charge in [-0.1, -0.05) is 42.0 Å². The second-order valence-electron chi connectivity index (χ2n) is 8.30. The van der Waals surface area contributed by atoms with Crippen molar-refractivity contribution in [2.75, 3.05) is 20.3 Å². The van der Waals surface area contributed by atoms with Crippen molar-refractivity contribution in [1.82, 2.24) is 10.2 Å². The lowest BCUT2D eigenvalue weighted by Gasteiger charge is -2.29. The quantitative estimate of drug-likeness (QED) is 0.512. The number of carbonyl (C=O) groups excluding carboxylic acids is 2. The van der Waals surface area contributed by atoms with Crippen molar-refractivity contribution in [2.24, 2.45) is 0 Å². The predicted molar refractivity (Wildman–Crippen MR) is 129 cm³/mol. The standard InChI is InChI=1S/C27H34N2O4/c1-21(27(31)28-18-17-22-9-5-3-6-10-22)29(19-23-13-15-24(32-2)16-14-23)26(30)20-33-25-11-7-4-8-12-25/h4,7-9,11-16,21H,3,5-6,10,17-20H2,1-2H3,(H,28,31)/t21-/m1/s1. The molecule has 6 heteroatoms. The van der Waals surface area contributed by atoms with Gasteiger partial charge in [0.2, 0.25) is 5.91 Å². The van der Waals surface area contributed by atoms with Gasteiger partial charge >= 0.3 is 0 Å². The van der Waals surface area contributed by atoms with Crippen molar-refractivity contribution in [1.29, 1.82) is 0 Å². The Kier molecular flexibility index (Phi) is 9.36. The molecular weight excluding hydrogens is 416 g/mol. The maximum atomic E-state index is 13.1. The Morgan fingerprint density at radius 2 is 1.79 bits per heavy atom. The van der Waals surface area contributed by atoms with E-state index in [1.165, 1.54) is 18.4 Å². The number of hydrogen-bond acceptors (Lipinski definition) is 4. The second kappa shape index (κ2) is 12.7. The summed E-state index contributed by atoms with van der Waals surface area (Å²) in [5.41, 5.74) is 2.33. The number of methoxy groups -OCH3 is 1. The number of hydrogen-bond donors (Lipinski definition) is 1. The molecule has 1 aliphatic carbocycles. The minimum atomic E-state index is -0.626. The molecule has 2 aromatic rings. The molecule has 0 saturated heterocycles. The SMILES string of the molecule is COc1ccc(CN(C(=O)COc2ccccc2)[C@H](C)C(=O)NCCC2=CCCCC2)cc1. The van der Waals surface area contributed by atoms with Gasteiger partial charge in [-0.3, -0.25) is 9.59 Å². The molecular formula is C27H34N2O4. The Morgan fingerprint density at radius 1 is 1.03 bits per heavy atom. The van der Waals surface area contributed by atoms with Crippen LogP contribution >= 0.6 is 0 Å². The monoisotopic (exact) mass is 450 g/mol. The first-order valence-corrected chi connectivity index (χ1v) is 11.6. The van der Waals surface area contributed by atoms with E-state index in [1.54, 1.807) is 31.1 Å². The van der Waals surface area contributed by atoms with E-state index in [-0.39, 0.29) is 18.4 Å². The minimum absolute atomic E-state index is 0.134. The van der Waals surface area contributed by atoms with Crippen LogP contribution in [0.3, 0.4) is 0 Å². The molecule has 0 spiro atoms. The summed E-state index contributed by atoms with van der Waals surface area (Å²) in [6, 6.07) is 16.1. The lowest BCUT2D eigenvalue weighted by atomic mass is 9.97. The van der Waals surface area contributed by atoms with Gasteiger partial charge < -0.3 is 19.7 Å². The predicted octanol–water partition coefficient (Wildman–Crippen LogP) is 4.50. The molecule has 2 aromatic carbocycles. The molecule has 1 atom stereocenters. The van der Waals surface area contributed by atoms with Crippen LogP contribution in [-0.4, -0.2) is 43.0 Å². The van der Waals surface area contributed by atoms with Gasteiger partial charge in [0.25, 0.3) is 5.91 Å². The first-order valence-electron chi connectivity index (χ1n) is 11.6. The van der Waals surface area contributed by atoms with Crippen LogP contribution in [0, 0.1) is 0 Å². The number of para-hydroxylation sites is 1. The summed E-state index contributed by atoms with van der Waals surface area (Å²) in [5, 5.41) is 3.01. The van der Waals surface area contributed by atoms with Gasteiger partial charge in [0.05, 0.1) is 7.11 Å². The molecule has 0 aliphatic heterocycles. The molecule has 1 N–H and O–H groups in total. The number of carbonyl (C=O) groups is 2. The number of allylic oxidation sites excluding steroid dienone is 1. The third-order valence-electron chi connectivity index (χ3n) is 5.92. The van der Waals surface area contributed by atoms with Crippen LogP contribution in [0.15, 0.2) is 66.2 Å². The largest absolute Gasteiger partial charge is 0.497 e. The summed E-state index contributed by atoms with van der Waals surface area (Å²) in [6.45, 7) is 2.52. The van der Waals surface area contributed by atoms with Crippen LogP contribution < -0.4 is 14.8 Å². The Labute approximate surface area is 196 Å². The molecule has 0 bridgehead atoms. The van der Waals surface area contributed by atoms with Crippen molar-refractivity contribution >= 4 is 11.8 Å². The number of benzene rings is 2. The van der Waals surface area contributed by atoms with E-state index in [1.807, 2.05) is 42.5 Å². The normalized spacial score (nSPS) is 14.1. The summed E-state index contributed by atoms with van der Waals surface area (Å²) < 4.78 is 10.9. The zero-order chi connectivity index (χ0) is 23.5. The number of nitrogens with zero attached hydrogens (tertiary/aromatic N) is 1. The van der Waals surface area contributed by atoms with Crippen molar-refractivity contribution in [2.45, 2.75) is 51.6 Å². The van der Waals surface area contributed by atoms with Crippen LogP contribution in [-0.2, 0) is 16.1 Å². The van der Waals surface area contributed by atoms with E-state index in [9.17, 15) is 9.59 Å².